The molecule has 25 heavy (non-hydrogen) atoms. The Kier molecular flexibility index (Phi) is 5.66. The van der Waals surface area contributed by atoms with Crippen LogP contribution in [0, 0.1) is 24.0 Å². The first-order chi connectivity index (χ1) is 11.8. The minimum Gasteiger partial charge on any atom is -0.494 e. The minimum atomic E-state index is -0.522. The summed E-state index contributed by atoms with van der Waals surface area (Å²) in [5.74, 6) is -0.0987. The van der Waals surface area contributed by atoms with E-state index in [9.17, 15) is 14.9 Å². The van der Waals surface area contributed by atoms with Crippen molar-refractivity contribution in [1.82, 2.24) is 5.32 Å². The summed E-state index contributed by atoms with van der Waals surface area (Å²) in [4.78, 5) is 22.5. The summed E-state index contributed by atoms with van der Waals surface area (Å²) in [6, 6.07) is 9.41. The molecule has 0 bridgehead atoms. The molecule has 1 amide bonds. The number of carbonyl (C=O) groups excluding carboxylic acids is 1. The number of carbonyl (C=O) groups is 1. The molecule has 0 aliphatic carbocycles. The first-order valence-corrected chi connectivity index (χ1v) is 7.74. The lowest BCUT2D eigenvalue weighted by Crippen LogP contribution is -2.34. The number of nitrogens with one attached hydrogen (secondary N) is 2. The van der Waals surface area contributed by atoms with E-state index in [-0.39, 0.29) is 22.5 Å². The maximum atomic E-state index is 12.2. The number of non-ortho nitro benzene ring substituents is 1. The predicted octanol–water partition coefficient (Wildman–Crippen LogP) is 3.35. The second kappa shape index (κ2) is 7.71. The Bertz CT molecular complexity index is 852. The van der Waals surface area contributed by atoms with Gasteiger partial charge in [-0.3, -0.25) is 20.2 Å². The van der Waals surface area contributed by atoms with Crippen molar-refractivity contribution in [2.45, 2.75) is 13.8 Å². The van der Waals surface area contributed by atoms with Crippen LogP contribution in [0.3, 0.4) is 0 Å². The molecule has 2 N–H and O–H groups in total. The van der Waals surface area contributed by atoms with E-state index in [2.05, 4.69) is 10.6 Å². The number of aryl methyl sites for hydroxylation is 2. The Morgan fingerprint density at radius 1 is 1.16 bits per heavy atom. The molecule has 7 nitrogen and oxygen atoms in total. The lowest BCUT2D eigenvalue weighted by atomic mass is 10.1. The number of thiocarbonyl (C=S) groups is 1. The number of hydrogen-bond donors (Lipinski definition) is 2. The predicted molar refractivity (Wildman–Crippen MR) is 99.3 cm³/mol. The van der Waals surface area contributed by atoms with Crippen LogP contribution in [0.1, 0.15) is 21.5 Å². The molecule has 0 unspecified atom stereocenters. The fraction of sp³-hybridized carbons (Fsp3) is 0.176. The van der Waals surface area contributed by atoms with E-state index in [4.69, 9.17) is 17.0 Å². The highest BCUT2D eigenvalue weighted by atomic mass is 32.1. The van der Waals surface area contributed by atoms with Gasteiger partial charge in [-0.1, -0.05) is 6.07 Å². The number of nitro benzene ring substituents is 1. The zero-order valence-corrected chi connectivity index (χ0v) is 14.8. The first kappa shape index (κ1) is 18.3. The number of benzene rings is 2. The number of rotatable bonds is 4. The number of nitrogens with zero attached hydrogens (tertiary/aromatic N) is 1. The van der Waals surface area contributed by atoms with E-state index < -0.39 is 4.92 Å². The number of hydrogen-bond acceptors (Lipinski definition) is 5. The third-order valence-electron chi connectivity index (χ3n) is 3.64. The molecule has 0 fully saturated rings. The first-order valence-electron chi connectivity index (χ1n) is 7.34. The minimum absolute atomic E-state index is 0.0652. The SMILES string of the molecule is COc1cc([N+](=O)[O-])ccc1NC(=S)NC(=O)c1ccc(C)c(C)c1. The maximum absolute atomic E-state index is 12.2. The number of nitro groups is 1. The fourth-order valence-corrected chi connectivity index (χ4v) is 2.31. The standard InChI is InChI=1S/C17H17N3O4S/c1-10-4-5-12(8-11(10)2)16(21)19-17(25)18-14-7-6-13(20(22)23)9-15(14)24-3/h4-9H,1-3H3,(H2,18,19,21,25). The van der Waals surface area contributed by atoms with Gasteiger partial charge in [0.05, 0.1) is 23.8 Å². The van der Waals surface area contributed by atoms with Crippen LogP contribution in [-0.2, 0) is 0 Å². The van der Waals surface area contributed by atoms with E-state index in [1.54, 1.807) is 12.1 Å². The van der Waals surface area contributed by atoms with Gasteiger partial charge in [-0.2, -0.15) is 0 Å². The quantitative estimate of drug-likeness (QED) is 0.494. The van der Waals surface area contributed by atoms with E-state index in [0.717, 1.165) is 11.1 Å². The highest BCUT2D eigenvalue weighted by molar-refractivity contribution is 7.80. The molecule has 8 heteroatoms. The van der Waals surface area contributed by atoms with Crippen LogP contribution in [0.25, 0.3) is 0 Å². The van der Waals surface area contributed by atoms with Crippen LogP contribution in [0.15, 0.2) is 36.4 Å². The smallest absolute Gasteiger partial charge is 0.273 e. The van der Waals surface area contributed by atoms with Gasteiger partial charge in [-0.05, 0) is 55.4 Å². The number of methoxy groups -OCH3 is 1. The molecule has 0 saturated carbocycles. The average molecular weight is 359 g/mol. The highest BCUT2D eigenvalue weighted by Gasteiger charge is 2.14. The molecule has 0 aliphatic heterocycles. The summed E-state index contributed by atoms with van der Waals surface area (Å²) in [7, 11) is 1.39. The number of anilines is 1. The molecule has 0 saturated heterocycles. The van der Waals surface area contributed by atoms with Crippen molar-refractivity contribution in [2.75, 3.05) is 12.4 Å². The van der Waals surface area contributed by atoms with Crippen LogP contribution in [0.4, 0.5) is 11.4 Å². The van der Waals surface area contributed by atoms with Crippen LogP contribution in [0.2, 0.25) is 0 Å². The van der Waals surface area contributed by atoms with E-state index >= 15 is 0 Å². The molecule has 0 heterocycles. The van der Waals surface area contributed by atoms with Gasteiger partial charge in [0.1, 0.15) is 5.75 Å². The van der Waals surface area contributed by atoms with Crippen LogP contribution in [0.5, 0.6) is 5.75 Å². The van der Waals surface area contributed by atoms with Crippen LogP contribution >= 0.6 is 12.2 Å². The molecule has 0 atom stereocenters. The second-order valence-electron chi connectivity index (χ2n) is 5.35. The normalized spacial score (nSPS) is 10.0. The van der Waals surface area contributed by atoms with Gasteiger partial charge in [0, 0.05) is 11.6 Å². The lowest BCUT2D eigenvalue weighted by molar-refractivity contribution is -0.384. The Morgan fingerprint density at radius 3 is 2.48 bits per heavy atom. The summed E-state index contributed by atoms with van der Waals surface area (Å²) in [6.07, 6.45) is 0. The molecule has 2 rings (SSSR count). The monoisotopic (exact) mass is 359 g/mol. The van der Waals surface area contributed by atoms with Gasteiger partial charge in [0.15, 0.2) is 5.11 Å². The molecule has 0 aromatic heterocycles. The van der Waals surface area contributed by atoms with Gasteiger partial charge >= 0.3 is 0 Å². The topological polar surface area (TPSA) is 93.5 Å². The van der Waals surface area contributed by atoms with Gasteiger partial charge in [0.25, 0.3) is 11.6 Å². The average Bonchev–Trinajstić information content (AvgIpc) is 2.57. The fourth-order valence-electron chi connectivity index (χ4n) is 2.11. The Labute approximate surface area is 150 Å². The van der Waals surface area contributed by atoms with E-state index in [1.807, 2.05) is 19.9 Å². The second-order valence-corrected chi connectivity index (χ2v) is 5.76. The molecule has 2 aromatic carbocycles. The van der Waals surface area contributed by atoms with E-state index in [1.165, 1.54) is 25.3 Å². The Balaban J connectivity index is 2.10. The molecule has 0 aliphatic rings. The third-order valence-corrected chi connectivity index (χ3v) is 3.84. The third kappa shape index (κ3) is 4.51. The Morgan fingerprint density at radius 2 is 1.88 bits per heavy atom. The van der Waals surface area contributed by atoms with Gasteiger partial charge in [0.2, 0.25) is 0 Å². The molecular formula is C17H17N3O4S. The van der Waals surface area contributed by atoms with Crippen LogP contribution < -0.4 is 15.4 Å². The Hall–Kier alpha value is -3.00. The highest BCUT2D eigenvalue weighted by Crippen LogP contribution is 2.28. The van der Waals surface area contributed by atoms with Crippen molar-refractivity contribution < 1.29 is 14.5 Å². The summed E-state index contributed by atoms with van der Waals surface area (Å²) in [5, 5.41) is 16.2. The number of ether oxygens (including phenoxy) is 1. The molecule has 0 radical (unpaired) electrons. The van der Waals surface area contributed by atoms with Crippen molar-refractivity contribution in [3.63, 3.8) is 0 Å². The van der Waals surface area contributed by atoms with Crippen molar-refractivity contribution in [3.8, 4) is 5.75 Å². The maximum Gasteiger partial charge on any atom is 0.273 e. The summed E-state index contributed by atoms with van der Waals surface area (Å²) in [5.41, 5.74) is 2.89. The van der Waals surface area contributed by atoms with Gasteiger partial charge in [-0.25, -0.2) is 0 Å². The van der Waals surface area contributed by atoms with E-state index in [0.29, 0.717) is 11.3 Å². The summed E-state index contributed by atoms with van der Waals surface area (Å²) >= 11 is 5.13. The number of amides is 1. The van der Waals surface area contributed by atoms with Crippen molar-refractivity contribution in [2.24, 2.45) is 0 Å². The lowest BCUT2D eigenvalue weighted by Gasteiger charge is -2.13. The van der Waals surface area contributed by atoms with Crippen molar-refractivity contribution >= 4 is 34.6 Å². The van der Waals surface area contributed by atoms with Crippen LogP contribution in [-0.4, -0.2) is 23.1 Å². The molecule has 130 valence electrons. The zero-order chi connectivity index (χ0) is 18.6. The van der Waals surface area contributed by atoms with Crippen molar-refractivity contribution in [3.05, 3.63) is 63.2 Å². The molecule has 2 aromatic rings. The molecular weight excluding hydrogens is 342 g/mol. The summed E-state index contributed by atoms with van der Waals surface area (Å²) < 4.78 is 5.12. The van der Waals surface area contributed by atoms with Gasteiger partial charge in [-0.15, -0.1) is 0 Å². The summed E-state index contributed by atoms with van der Waals surface area (Å²) in [6.45, 7) is 3.88. The largest absolute Gasteiger partial charge is 0.494 e. The molecule has 0 spiro atoms. The van der Waals surface area contributed by atoms with Gasteiger partial charge < -0.3 is 10.1 Å². The van der Waals surface area contributed by atoms with Crippen molar-refractivity contribution in [1.29, 1.82) is 0 Å². The zero-order valence-electron chi connectivity index (χ0n) is 14.0.